The van der Waals surface area contributed by atoms with E-state index in [1.165, 1.54) is 0 Å². The second-order valence-electron chi connectivity index (χ2n) is 5.59. The van der Waals surface area contributed by atoms with Crippen LogP contribution < -0.4 is 5.32 Å². The zero-order valence-corrected chi connectivity index (χ0v) is 11.7. The van der Waals surface area contributed by atoms with Crippen LogP contribution in [0.3, 0.4) is 0 Å². The Morgan fingerprint density at radius 3 is 2.11 bits per heavy atom. The van der Waals surface area contributed by atoms with E-state index in [0.29, 0.717) is 12.8 Å². The minimum atomic E-state index is -0.829. The summed E-state index contributed by atoms with van der Waals surface area (Å²) in [6, 6.07) is 0. The van der Waals surface area contributed by atoms with Gasteiger partial charge in [-0.05, 0) is 32.6 Å². The highest BCUT2D eigenvalue weighted by molar-refractivity contribution is 5.85. The predicted molar refractivity (Wildman–Crippen MR) is 70.2 cm³/mol. The topological polar surface area (TPSA) is 66.4 Å². The Balaban J connectivity index is 2.72. The number of aliphatic carboxylic acids is 1. The maximum atomic E-state index is 12.3. The first-order valence-electron chi connectivity index (χ1n) is 6.98. The van der Waals surface area contributed by atoms with Gasteiger partial charge in [0.05, 0.1) is 11.8 Å². The summed E-state index contributed by atoms with van der Waals surface area (Å²) in [7, 11) is 0. The lowest BCUT2D eigenvalue weighted by Crippen LogP contribution is -2.50. The molecule has 0 aromatic carbocycles. The highest BCUT2D eigenvalue weighted by atomic mass is 16.4. The van der Waals surface area contributed by atoms with E-state index < -0.39 is 11.9 Å². The zero-order chi connectivity index (χ0) is 13.8. The highest BCUT2D eigenvalue weighted by Gasteiger charge is 2.37. The number of carboxylic acids is 1. The summed E-state index contributed by atoms with van der Waals surface area (Å²) in [6.45, 7) is 6.10. The van der Waals surface area contributed by atoms with Crippen LogP contribution in [0, 0.1) is 11.8 Å². The number of amides is 1. The van der Waals surface area contributed by atoms with Gasteiger partial charge >= 0.3 is 5.97 Å². The molecule has 0 aliphatic heterocycles. The fourth-order valence-electron chi connectivity index (χ4n) is 2.56. The molecule has 0 bridgehead atoms. The van der Waals surface area contributed by atoms with Crippen molar-refractivity contribution in [3.63, 3.8) is 0 Å². The quantitative estimate of drug-likeness (QED) is 0.793. The minimum Gasteiger partial charge on any atom is -0.481 e. The predicted octanol–water partition coefficient (Wildman–Crippen LogP) is 2.57. The average Bonchev–Trinajstić information content (AvgIpc) is 2.38. The molecule has 1 amide bonds. The summed E-state index contributed by atoms with van der Waals surface area (Å²) in [6.07, 6.45) is 4.92. The van der Waals surface area contributed by atoms with Crippen molar-refractivity contribution in [3.8, 4) is 0 Å². The van der Waals surface area contributed by atoms with Crippen molar-refractivity contribution in [1.82, 2.24) is 5.32 Å². The number of carboxylic acid groups (broad SMARTS) is 1. The van der Waals surface area contributed by atoms with Crippen molar-refractivity contribution >= 4 is 11.9 Å². The molecule has 0 saturated heterocycles. The summed E-state index contributed by atoms with van der Waals surface area (Å²) < 4.78 is 0. The van der Waals surface area contributed by atoms with E-state index in [2.05, 4.69) is 5.32 Å². The van der Waals surface area contributed by atoms with Crippen molar-refractivity contribution in [1.29, 1.82) is 0 Å². The van der Waals surface area contributed by atoms with Crippen LogP contribution in [0.4, 0.5) is 0 Å². The fraction of sp³-hybridized carbons (Fsp3) is 0.857. The molecule has 1 aliphatic carbocycles. The van der Waals surface area contributed by atoms with E-state index in [1.54, 1.807) is 0 Å². The number of carbonyl (C=O) groups is 2. The molecule has 0 radical (unpaired) electrons. The van der Waals surface area contributed by atoms with Gasteiger partial charge in [-0.3, -0.25) is 9.59 Å². The molecule has 0 unspecified atom stereocenters. The second kappa shape index (κ2) is 6.21. The third-order valence-electron chi connectivity index (χ3n) is 4.41. The third-order valence-corrected chi connectivity index (χ3v) is 4.41. The fourth-order valence-corrected chi connectivity index (χ4v) is 2.56. The number of rotatable bonds is 5. The van der Waals surface area contributed by atoms with Crippen LogP contribution in [0.25, 0.3) is 0 Å². The van der Waals surface area contributed by atoms with Gasteiger partial charge < -0.3 is 10.4 Å². The van der Waals surface area contributed by atoms with Crippen molar-refractivity contribution in [2.45, 2.75) is 64.8 Å². The molecule has 2 atom stereocenters. The molecular weight excluding hydrogens is 230 g/mol. The Morgan fingerprint density at radius 1 is 1.17 bits per heavy atom. The molecule has 0 aromatic rings. The first-order chi connectivity index (χ1) is 8.43. The van der Waals surface area contributed by atoms with E-state index in [0.717, 1.165) is 25.7 Å². The molecule has 0 heterocycles. The summed E-state index contributed by atoms with van der Waals surface area (Å²) in [5.41, 5.74) is -0.211. The average molecular weight is 255 g/mol. The van der Waals surface area contributed by atoms with Crippen LogP contribution in [-0.4, -0.2) is 22.5 Å². The Hall–Kier alpha value is -1.06. The van der Waals surface area contributed by atoms with Crippen LogP contribution >= 0.6 is 0 Å². The van der Waals surface area contributed by atoms with Crippen LogP contribution in [0.5, 0.6) is 0 Å². The zero-order valence-electron chi connectivity index (χ0n) is 11.7. The first kappa shape index (κ1) is 15.0. The van der Waals surface area contributed by atoms with Gasteiger partial charge in [-0.2, -0.15) is 0 Å². The van der Waals surface area contributed by atoms with Crippen molar-refractivity contribution < 1.29 is 14.7 Å². The van der Waals surface area contributed by atoms with E-state index in [9.17, 15) is 14.7 Å². The molecule has 1 rings (SSSR count). The van der Waals surface area contributed by atoms with Gasteiger partial charge in [-0.15, -0.1) is 0 Å². The van der Waals surface area contributed by atoms with Crippen LogP contribution in [0.15, 0.2) is 0 Å². The third kappa shape index (κ3) is 3.47. The Morgan fingerprint density at radius 2 is 1.67 bits per heavy atom. The van der Waals surface area contributed by atoms with Crippen molar-refractivity contribution in [2.24, 2.45) is 11.8 Å². The number of nitrogens with one attached hydrogen (secondary N) is 1. The van der Waals surface area contributed by atoms with Crippen LogP contribution in [-0.2, 0) is 9.59 Å². The molecule has 1 saturated carbocycles. The summed E-state index contributed by atoms with van der Waals surface area (Å²) >= 11 is 0. The molecular formula is C14H25NO3. The summed E-state index contributed by atoms with van der Waals surface area (Å²) in [4.78, 5) is 23.5. The van der Waals surface area contributed by atoms with Gasteiger partial charge in [-0.1, -0.05) is 26.7 Å². The van der Waals surface area contributed by atoms with Gasteiger partial charge in [-0.25, -0.2) is 0 Å². The lowest BCUT2D eigenvalue weighted by Gasteiger charge is -2.33. The van der Waals surface area contributed by atoms with E-state index in [1.807, 2.05) is 20.8 Å². The lowest BCUT2D eigenvalue weighted by atomic mass is 9.78. The van der Waals surface area contributed by atoms with Crippen LogP contribution in [0.1, 0.15) is 59.3 Å². The number of hydrogen-bond acceptors (Lipinski definition) is 2. The maximum Gasteiger partial charge on any atom is 0.307 e. The summed E-state index contributed by atoms with van der Waals surface area (Å²) in [5.74, 6) is -1.76. The molecule has 1 aliphatic rings. The monoisotopic (exact) mass is 255 g/mol. The van der Waals surface area contributed by atoms with E-state index in [4.69, 9.17) is 0 Å². The SMILES string of the molecule is CCC(C)(CC)NC(=O)[C@@H]1CCCC[C@@H]1C(=O)O. The van der Waals surface area contributed by atoms with Gasteiger partial charge in [0.15, 0.2) is 0 Å². The van der Waals surface area contributed by atoms with Crippen molar-refractivity contribution in [2.75, 3.05) is 0 Å². The Kier molecular flexibility index (Phi) is 5.17. The van der Waals surface area contributed by atoms with Gasteiger partial charge in [0.2, 0.25) is 5.91 Å². The molecule has 0 spiro atoms. The molecule has 4 heteroatoms. The van der Waals surface area contributed by atoms with E-state index >= 15 is 0 Å². The number of hydrogen-bond donors (Lipinski definition) is 2. The summed E-state index contributed by atoms with van der Waals surface area (Å²) in [5, 5.41) is 12.2. The molecule has 4 nitrogen and oxygen atoms in total. The van der Waals surface area contributed by atoms with Gasteiger partial charge in [0.25, 0.3) is 0 Å². The largest absolute Gasteiger partial charge is 0.481 e. The number of carbonyl (C=O) groups excluding carboxylic acids is 1. The molecule has 18 heavy (non-hydrogen) atoms. The second-order valence-corrected chi connectivity index (χ2v) is 5.59. The first-order valence-corrected chi connectivity index (χ1v) is 6.98. The molecule has 104 valence electrons. The smallest absolute Gasteiger partial charge is 0.307 e. The standard InChI is InChI=1S/C14H25NO3/c1-4-14(3,5-2)15-12(16)10-8-6-7-9-11(10)13(17)18/h10-11H,4-9H2,1-3H3,(H,15,16)(H,17,18)/t10-,11+/m1/s1. The minimum absolute atomic E-state index is 0.0756. The molecule has 1 fully saturated rings. The van der Waals surface area contributed by atoms with E-state index in [-0.39, 0.29) is 17.4 Å². The highest BCUT2D eigenvalue weighted by Crippen LogP contribution is 2.31. The maximum absolute atomic E-state index is 12.3. The Bertz CT molecular complexity index is 310. The molecule has 0 aromatic heterocycles. The normalized spacial score (nSPS) is 24.6. The van der Waals surface area contributed by atoms with Gasteiger partial charge in [0.1, 0.15) is 0 Å². The van der Waals surface area contributed by atoms with Gasteiger partial charge in [0, 0.05) is 5.54 Å². The molecule has 2 N–H and O–H groups in total. The van der Waals surface area contributed by atoms with Crippen LogP contribution in [0.2, 0.25) is 0 Å². The Labute approximate surface area is 109 Å². The van der Waals surface area contributed by atoms with Crippen molar-refractivity contribution in [3.05, 3.63) is 0 Å². The lowest BCUT2D eigenvalue weighted by molar-refractivity contribution is -0.149.